The molecule has 1 aliphatic rings. The van der Waals surface area contributed by atoms with Crippen LogP contribution in [0.3, 0.4) is 0 Å². The number of nitrogens with zero attached hydrogens (tertiary/aromatic N) is 3. The number of nitrogens with one attached hydrogen (secondary N) is 1. The molecule has 1 aliphatic heterocycles. The highest BCUT2D eigenvalue weighted by Gasteiger charge is 2.28. The predicted molar refractivity (Wildman–Crippen MR) is 112 cm³/mol. The number of hydrogen-bond donors (Lipinski definition) is 1. The smallest absolute Gasteiger partial charge is 0.256 e. The van der Waals surface area contributed by atoms with E-state index in [1.807, 2.05) is 11.8 Å². The predicted octanol–water partition coefficient (Wildman–Crippen LogP) is 1.14. The maximum Gasteiger partial charge on any atom is 0.256 e. The topological polar surface area (TPSA) is 90.0 Å². The molecule has 1 heterocycles. The molecule has 0 saturated carbocycles. The van der Waals surface area contributed by atoms with E-state index in [1.165, 1.54) is 15.3 Å². The summed E-state index contributed by atoms with van der Waals surface area (Å²) in [5, 5.41) is 2.81. The Kier molecular flexibility index (Phi) is 8.75. The van der Waals surface area contributed by atoms with Gasteiger partial charge >= 0.3 is 0 Å². The van der Waals surface area contributed by atoms with Crippen LogP contribution in [0.15, 0.2) is 23.1 Å². The van der Waals surface area contributed by atoms with Crippen LogP contribution in [-0.2, 0) is 14.8 Å². The Morgan fingerprint density at radius 2 is 1.73 bits per heavy atom. The van der Waals surface area contributed by atoms with Crippen LogP contribution in [0.2, 0.25) is 0 Å². The highest BCUT2D eigenvalue weighted by atomic mass is 32.2. The number of carbonyl (C=O) groups is 2. The number of hydrogen-bond acceptors (Lipinski definition) is 5. The number of rotatable bonds is 9. The standard InChI is InChI=1S/C20H31FN4O4S/c1-4-9-22-19(26)15-23-10-12-24(13-11-23)20(27)17-14-16(7-8-18(17)21)30(28,29)25(5-2)6-3/h7-8,14H,4-6,9-13,15H2,1-3H3,(H,22,26). The molecule has 1 saturated heterocycles. The third-order valence-electron chi connectivity index (χ3n) is 5.11. The number of sulfonamides is 1. The monoisotopic (exact) mass is 442 g/mol. The highest BCUT2D eigenvalue weighted by molar-refractivity contribution is 7.89. The van der Waals surface area contributed by atoms with Crippen molar-refractivity contribution in [3.8, 4) is 0 Å². The molecule has 0 unspecified atom stereocenters. The van der Waals surface area contributed by atoms with Gasteiger partial charge in [0.15, 0.2) is 0 Å². The number of benzene rings is 1. The number of amides is 2. The summed E-state index contributed by atoms with van der Waals surface area (Å²) in [6.07, 6.45) is 0.864. The van der Waals surface area contributed by atoms with Crippen LogP contribution in [0.4, 0.5) is 4.39 Å². The molecule has 2 rings (SSSR count). The van der Waals surface area contributed by atoms with Crippen LogP contribution in [0.1, 0.15) is 37.6 Å². The van der Waals surface area contributed by atoms with Crippen LogP contribution in [0.5, 0.6) is 0 Å². The first-order valence-electron chi connectivity index (χ1n) is 10.3. The lowest BCUT2D eigenvalue weighted by atomic mass is 10.1. The van der Waals surface area contributed by atoms with E-state index in [0.717, 1.165) is 18.6 Å². The zero-order valence-electron chi connectivity index (χ0n) is 17.9. The van der Waals surface area contributed by atoms with E-state index in [4.69, 9.17) is 0 Å². The van der Waals surface area contributed by atoms with E-state index >= 15 is 0 Å². The minimum atomic E-state index is -3.79. The van der Waals surface area contributed by atoms with E-state index in [-0.39, 0.29) is 36.0 Å². The first-order chi connectivity index (χ1) is 14.2. The van der Waals surface area contributed by atoms with Crippen molar-refractivity contribution in [2.45, 2.75) is 32.1 Å². The first-order valence-corrected chi connectivity index (χ1v) is 11.8. The Bertz CT molecular complexity index is 850. The molecule has 1 aromatic carbocycles. The molecular weight excluding hydrogens is 411 g/mol. The summed E-state index contributed by atoms with van der Waals surface area (Å²) in [6, 6.07) is 3.33. The molecule has 0 aromatic heterocycles. The lowest BCUT2D eigenvalue weighted by molar-refractivity contribution is -0.122. The van der Waals surface area contributed by atoms with Crippen LogP contribution in [-0.4, -0.2) is 86.7 Å². The van der Waals surface area contributed by atoms with Crippen molar-refractivity contribution < 1.29 is 22.4 Å². The summed E-state index contributed by atoms with van der Waals surface area (Å²) in [5.74, 6) is -1.35. The third kappa shape index (κ3) is 5.77. The molecule has 10 heteroatoms. The lowest BCUT2D eigenvalue weighted by Gasteiger charge is -2.34. The van der Waals surface area contributed by atoms with E-state index in [9.17, 15) is 22.4 Å². The zero-order chi connectivity index (χ0) is 22.3. The van der Waals surface area contributed by atoms with Crippen molar-refractivity contribution in [3.63, 3.8) is 0 Å². The Morgan fingerprint density at radius 3 is 2.30 bits per heavy atom. The molecule has 168 valence electrons. The molecule has 0 aliphatic carbocycles. The van der Waals surface area contributed by atoms with Gasteiger partial charge in [-0.2, -0.15) is 4.31 Å². The summed E-state index contributed by atoms with van der Waals surface area (Å²) >= 11 is 0. The Morgan fingerprint density at radius 1 is 1.10 bits per heavy atom. The van der Waals surface area contributed by atoms with Crippen molar-refractivity contribution in [2.75, 3.05) is 52.4 Å². The van der Waals surface area contributed by atoms with Crippen LogP contribution in [0.25, 0.3) is 0 Å². The highest BCUT2D eigenvalue weighted by Crippen LogP contribution is 2.21. The number of halogens is 1. The van der Waals surface area contributed by atoms with Crippen LogP contribution < -0.4 is 5.32 Å². The van der Waals surface area contributed by atoms with Gasteiger partial charge in [0, 0.05) is 45.8 Å². The average Bonchev–Trinajstić information content (AvgIpc) is 2.73. The Labute approximate surface area is 178 Å². The van der Waals surface area contributed by atoms with E-state index in [2.05, 4.69) is 5.32 Å². The Hall–Kier alpha value is -2.04. The fourth-order valence-corrected chi connectivity index (χ4v) is 4.83. The quantitative estimate of drug-likeness (QED) is 0.620. The van der Waals surface area contributed by atoms with E-state index in [0.29, 0.717) is 32.7 Å². The number of piperazine rings is 1. The minimum absolute atomic E-state index is 0.0584. The van der Waals surface area contributed by atoms with Crippen molar-refractivity contribution in [2.24, 2.45) is 0 Å². The molecule has 0 radical (unpaired) electrons. The molecule has 8 nitrogen and oxygen atoms in total. The minimum Gasteiger partial charge on any atom is -0.355 e. The van der Waals surface area contributed by atoms with Gasteiger partial charge in [0.05, 0.1) is 17.0 Å². The molecule has 2 amide bonds. The second-order valence-corrected chi connectivity index (χ2v) is 9.09. The molecule has 0 spiro atoms. The average molecular weight is 443 g/mol. The van der Waals surface area contributed by atoms with Crippen molar-refractivity contribution in [1.29, 1.82) is 0 Å². The zero-order valence-corrected chi connectivity index (χ0v) is 18.7. The number of carbonyl (C=O) groups excluding carboxylic acids is 2. The summed E-state index contributed by atoms with van der Waals surface area (Å²) in [7, 11) is -3.79. The third-order valence-corrected chi connectivity index (χ3v) is 7.16. The van der Waals surface area contributed by atoms with Gasteiger partial charge in [-0.3, -0.25) is 14.5 Å². The van der Waals surface area contributed by atoms with Crippen LogP contribution >= 0.6 is 0 Å². The van der Waals surface area contributed by atoms with Gasteiger partial charge in [-0.15, -0.1) is 0 Å². The van der Waals surface area contributed by atoms with Gasteiger partial charge < -0.3 is 10.2 Å². The van der Waals surface area contributed by atoms with Crippen LogP contribution in [0, 0.1) is 5.82 Å². The maximum atomic E-state index is 14.4. The second kappa shape index (κ2) is 10.8. The Balaban J connectivity index is 2.08. The maximum absolute atomic E-state index is 14.4. The summed E-state index contributed by atoms with van der Waals surface area (Å²) in [5.41, 5.74) is -0.252. The summed E-state index contributed by atoms with van der Waals surface area (Å²) < 4.78 is 41.1. The largest absolute Gasteiger partial charge is 0.355 e. The molecule has 1 aromatic rings. The van der Waals surface area contributed by atoms with Crippen molar-refractivity contribution in [1.82, 2.24) is 19.4 Å². The SMILES string of the molecule is CCCNC(=O)CN1CCN(C(=O)c2cc(S(=O)(=O)N(CC)CC)ccc2F)CC1. The molecule has 0 bridgehead atoms. The fourth-order valence-electron chi connectivity index (χ4n) is 3.34. The van der Waals surface area contributed by atoms with Gasteiger partial charge in [0.25, 0.3) is 5.91 Å². The van der Waals surface area contributed by atoms with Crippen molar-refractivity contribution in [3.05, 3.63) is 29.6 Å². The molecule has 30 heavy (non-hydrogen) atoms. The molecule has 0 atom stereocenters. The normalized spacial score (nSPS) is 15.4. The van der Waals surface area contributed by atoms with E-state index < -0.39 is 21.7 Å². The summed E-state index contributed by atoms with van der Waals surface area (Å²) in [6.45, 7) is 8.54. The summed E-state index contributed by atoms with van der Waals surface area (Å²) in [4.78, 5) is 28.0. The first kappa shape index (κ1) is 24.2. The van der Waals surface area contributed by atoms with Crippen molar-refractivity contribution >= 4 is 21.8 Å². The van der Waals surface area contributed by atoms with Gasteiger partial charge in [-0.25, -0.2) is 12.8 Å². The van der Waals surface area contributed by atoms with Gasteiger partial charge in [-0.05, 0) is 24.6 Å². The molecule has 1 N–H and O–H groups in total. The lowest BCUT2D eigenvalue weighted by Crippen LogP contribution is -2.51. The van der Waals surface area contributed by atoms with Gasteiger partial charge in [-0.1, -0.05) is 20.8 Å². The van der Waals surface area contributed by atoms with Gasteiger partial charge in [0.1, 0.15) is 5.82 Å². The second-order valence-electron chi connectivity index (χ2n) is 7.15. The van der Waals surface area contributed by atoms with E-state index in [1.54, 1.807) is 13.8 Å². The van der Waals surface area contributed by atoms with Gasteiger partial charge in [0.2, 0.25) is 15.9 Å². The molecular formula is C20H31FN4O4S. The fraction of sp³-hybridized carbons (Fsp3) is 0.600. The molecule has 1 fully saturated rings.